The standard InChI is InChI=1S/C24H34N2O4S/c1-7-21(26(31(6,28)29)22-16-18(4)12-13-19(22)5)24(27)25-14-15-30-23-11-9-8-10-20(23)17(2)3/h8-13,16-17,21H,7,14-15H2,1-6H3,(H,25,27). The van der Waals surface area contributed by atoms with Crippen LogP contribution in [-0.2, 0) is 14.8 Å². The largest absolute Gasteiger partial charge is 0.491 e. The zero-order chi connectivity index (χ0) is 23.2. The van der Waals surface area contributed by atoms with E-state index in [1.807, 2.05) is 57.2 Å². The van der Waals surface area contributed by atoms with E-state index in [0.29, 0.717) is 24.6 Å². The van der Waals surface area contributed by atoms with Crippen LogP contribution in [0.25, 0.3) is 0 Å². The number of ether oxygens (including phenoxy) is 1. The molecule has 0 spiro atoms. The van der Waals surface area contributed by atoms with Crippen molar-refractivity contribution in [1.29, 1.82) is 0 Å². The molecule has 2 aromatic rings. The molecule has 31 heavy (non-hydrogen) atoms. The number of anilines is 1. The first kappa shape index (κ1) is 24.7. The second-order valence-corrected chi connectivity index (χ2v) is 9.96. The van der Waals surface area contributed by atoms with Crippen LogP contribution >= 0.6 is 0 Å². The molecule has 0 aliphatic heterocycles. The topological polar surface area (TPSA) is 75.7 Å². The average Bonchev–Trinajstić information content (AvgIpc) is 2.70. The molecule has 1 atom stereocenters. The zero-order valence-electron chi connectivity index (χ0n) is 19.3. The number of nitrogens with one attached hydrogen (secondary N) is 1. The van der Waals surface area contributed by atoms with Gasteiger partial charge in [-0.1, -0.05) is 51.1 Å². The van der Waals surface area contributed by atoms with Crippen molar-refractivity contribution in [3.63, 3.8) is 0 Å². The van der Waals surface area contributed by atoms with E-state index in [9.17, 15) is 13.2 Å². The molecule has 2 aromatic carbocycles. The summed E-state index contributed by atoms with van der Waals surface area (Å²) in [7, 11) is -3.66. The lowest BCUT2D eigenvalue weighted by Gasteiger charge is -2.31. The molecular weight excluding hydrogens is 412 g/mol. The average molecular weight is 447 g/mol. The van der Waals surface area contributed by atoms with Crippen LogP contribution in [0.4, 0.5) is 5.69 Å². The van der Waals surface area contributed by atoms with Gasteiger partial charge in [0.1, 0.15) is 18.4 Å². The monoisotopic (exact) mass is 446 g/mol. The molecule has 7 heteroatoms. The molecule has 1 unspecified atom stereocenters. The number of rotatable bonds is 10. The molecule has 1 N–H and O–H groups in total. The Bertz CT molecular complexity index is 1000. The quantitative estimate of drug-likeness (QED) is 0.556. The van der Waals surface area contributed by atoms with Crippen molar-refractivity contribution in [2.45, 2.75) is 53.0 Å². The van der Waals surface area contributed by atoms with E-state index in [-0.39, 0.29) is 12.5 Å². The predicted molar refractivity (Wildman–Crippen MR) is 126 cm³/mol. The second kappa shape index (κ2) is 10.7. The fourth-order valence-electron chi connectivity index (χ4n) is 3.53. The Morgan fingerprint density at radius 2 is 1.81 bits per heavy atom. The van der Waals surface area contributed by atoms with E-state index in [4.69, 9.17) is 4.74 Å². The van der Waals surface area contributed by atoms with Crippen LogP contribution in [0.15, 0.2) is 42.5 Å². The third-order valence-corrected chi connectivity index (χ3v) is 6.30. The minimum absolute atomic E-state index is 0.284. The Hall–Kier alpha value is -2.54. The Morgan fingerprint density at radius 1 is 1.13 bits per heavy atom. The SMILES string of the molecule is CCC(C(=O)NCCOc1ccccc1C(C)C)N(c1cc(C)ccc1C)S(C)(=O)=O. The lowest BCUT2D eigenvalue weighted by Crippen LogP contribution is -2.50. The third-order valence-electron chi connectivity index (χ3n) is 5.13. The number of aryl methyl sites for hydroxylation is 2. The molecule has 0 saturated carbocycles. The van der Waals surface area contributed by atoms with E-state index in [2.05, 4.69) is 19.2 Å². The van der Waals surface area contributed by atoms with Gasteiger partial charge in [0.05, 0.1) is 18.5 Å². The van der Waals surface area contributed by atoms with E-state index in [1.54, 1.807) is 6.07 Å². The van der Waals surface area contributed by atoms with Gasteiger partial charge in [-0.15, -0.1) is 0 Å². The summed E-state index contributed by atoms with van der Waals surface area (Å²) in [6.07, 6.45) is 1.49. The first-order valence-electron chi connectivity index (χ1n) is 10.6. The van der Waals surface area contributed by atoms with E-state index < -0.39 is 16.1 Å². The molecule has 0 aliphatic rings. The van der Waals surface area contributed by atoms with Gasteiger partial charge >= 0.3 is 0 Å². The molecule has 1 amide bonds. The fraction of sp³-hybridized carbons (Fsp3) is 0.458. The molecule has 0 fully saturated rings. The maximum atomic E-state index is 12.9. The number of carbonyl (C=O) groups is 1. The summed E-state index contributed by atoms with van der Waals surface area (Å²) >= 11 is 0. The highest BCUT2D eigenvalue weighted by molar-refractivity contribution is 7.92. The maximum absolute atomic E-state index is 12.9. The minimum atomic E-state index is -3.66. The van der Waals surface area contributed by atoms with Gasteiger partial charge in [-0.05, 0) is 55.0 Å². The Balaban J connectivity index is 2.12. The predicted octanol–water partition coefficient (Wildman–Crippen LogP) is 4.17. The number of carbonyl (C=O) groups excluding carboxylic acids is 1. The highest BCUT2D eigenvalue weighted by atomic mass is 32.2. The fourth-order valence-corrected chi connectivity index (χ4v) is 4.80. The summed E-state index contributed by atoms with van der Waals surface area (Å²) in [5.74, 6) is 0.790. The molecule has 0 aliphatic carbocycles. The van der Waals surface area contributed by atoms with Gasteiger partial charge in [-0.25, -0.2) is 8.42 Å². The second-order valence-electron chi connectivity index (χ2n) is 8.10. The van der Waals surface area contributed by atoms with Crippen LogP contribution in [0, 0.1) is 13.8 Å². The van der Waals surface area contributed by atoms with Crippen molar-refractivity contribution in [2.75, 3.05) is 23.7 Å². The lowest BCUT2D eigenvalue weighted by molar-refractivity contribution is -0.122. The Labute approximate surface area is 186 Å². The van der Waals surface area contributed by atoms with Crippen LogP contribution in [0.5, 0.6) is 5.75 Å². The van der Waals surface area contributed by atoms with Crippen molar-refractivity contribution < 1.29 is 17.9 Å². The Morgan fingerprint density at radius 3 is 2.42 bits per heavy atom. The smallest absolute Gasteiger partial charge is 0.244 e. The van der Waals surface area contributed by atoms with Crippen molar-refractivity contribution in [1.82, 2.24) is 5.32 Å². The summed E-state index contributed by atoms with van der Waals surface area (Å²) in [5, 5.41) is 2.84. The molecule has 170 valence electrons. The van der Waals surface area contributed by atoms with E-state index in [0.717, 1.165) is 28.7 Å². The molecule has 0 radical (unpaired) electrons. The highest BCUT2D eigenvalue weighted by Crippen LogP contribution is 2.28. The molecule has 0 bridgehead atoms. The van der Waals surface area contributed by atoms with Gasteiger partial charge in [0.2, 0.25) is 15.9 Å². The Kier molecular flexibility index (Phi) is 8.51. The van der Waals surface area contributed by atoms with Gasteiger partial charge < -0.3 is 10.1 Å². The zero-order valence-corrected chi connectivity index (χ0v) is 20.1. The number of nitrogens with zero attached hydrogens (tertiary/aromatic N) is 1. The molecule has 0 heterocycles. The van der Waals surface area contributed by atoms with Gasteiger partial charge in [-0.3, -0.25) is 9.10 Å². The van der Waals surface area contributed by atoms with Crippen LogP contribution < -0.4 is 14.4 Å². The van der Waals surface area contributed by atoms with Gasteiger partial charge in [-0.2, -0.15) is 0 Å². The molecule has 0 aromatic heterocycles. The molecule has 0 saturated heterocycles. The molecule has 6 nitrogen and oxygen atoms in total. The minimum Gasteiger partial charge on any atom is -0.491 e. The van der Waals surface area contributed by atoms with Crippen LogP contribution in [0.3, 0.4) is 0 Å². The number of amides is 1. The van der Waals surface area contributed by atoms with E-state index >= 15 is 0 Å². The number of benzene rings is 2. The van der Waals surface area contributed by atoms with Crippen molar-refractivity contribution in [2.24, 2.45) is 0 Å². The summed E-state index contributed by atoms with van der Waals surface area (Å²) in [5.41, 5.74) is 3.38. The first-order chi connectivity index (χ1) is 14.6. The number of hydrogen-bond donors (Lipinski definition) is 1. The lowest BCUT2D eigenvalue weighted by atomic mass is 10.0. The van der Waals surface area contributed by atoms with Gasteiger partial charge in [0.15, 0.2) is 0 Å². The molecule has 2 rings (SSSR count). The van der Waals surface area contributed by atoms with Crippen LogP contribution in [0.2, 0.25) is 0 Å². The van der Waals surface area contributed by atoms with E-state index in [1.165, 1.54) is 4.31 Å². The summed E-state index contributed by atoms with van der Waals surface area (Å²) in [6, 6.07) is 12.6. The van der Waals surface area contributed by atoms with Crippen molar-refractivity contribution >= 4 is 21.6 Å². The summed E-state index contributed by atoms with van der Waals surface area (Å²) in [6.45, 7) is 10.3. The highest BCUT2D eigenvalue weighted by Gasteiger charge is 2.32. The third kappa shape index (κ3) is 6.47. The number of hydrogen-bond acceptors (Lipinski definition) is 4. The molecular formula is C24H34N2O4S. The first-order valence-corrected chi connectivity index (χ1v) is 12.5. The van der Waals surface area contributed by atoms with Gasteiger partial charge in [0.25, 0.3) is 0 Å². The maximum Gasteiger partial charge on any atom is 0.244 e. The number of para-hydroxylation sites is 1. The van der Waals surface area contributed by atoms with Crippen LogP contribution in [0.1, 0.15) is 49.8 Å². The number of sulfonamides is 1. The van der Waals surface area contributed by atoms with Gasteiger partial charge in [0, 0.05) is 0 Å². The van der Waals surface area contributed by atoms with Crippen molar-refractivity contribution in [3.05, 3.63) is 59.2 Å². The van der Waals surface area contributed by atoms with Crippen LogP contribution in [-0.4, -0.2) is 39.8 Å². The summed E-state index contributed by atoms with van der Waals surface area (Å²) < 4.78 is 32.4. The summed E-state index contributed by atoms with van der Waals surface area (Å²) in [4.78, 5) is 12.9. The normalized spacial score (nSPS) is 12.5. The van der Waals surface area contributed by atoms with Crippen molar-refractivity contribution in [3.8, 4) is 5.75 Å².